The number of carbonyl (C=O) groups is 1. The summed E-state index contributed by atoms with van der Waals surface area (Å²) in [7, 11) is 0. The average Bonchev–Trinajstić information content (AvgIpc) is 1.84. The van der Waals surface area contributed by atoms with E-state index >= 15 is 0 Å². The van der Waals surface area contributed by atoms with Crippen molar-refractivity contribution < 1.29 is 4.79 Å². The third kappa shape index (κ3) is 3.46. The first-order chi connectivity index (χ1) is 5.22. The van der Waals surface area contributed by atoms with Gasteiger partial charge in [0.1, 0.15) is 5.40 Å². The molecule has 0 saturated carbocycles. The van der Waals surface area contributed by atoms with E-state index in [0.717, 1.165) is 11.8 Å². The zero-order valence-corrected chi connectivity index (χ0v) is 11.0. The zero-order valence-electron chi connectivity index (χ0n) is 7.02. The van der Waals surface area contributed by atoms with Crippen molar-refractivity contribution in [3.63, 3.8) is 0 Å². The summed E-state index contributed by atoms with van der Waals surface area (Å²) in [5, 5.41) is 10.3. The van der Waals surface area contributed by atoms with Crippen LogP contribution in [0.4, 0.5) is 0 Å². The standard InChI is InChI=1S/C7H9Br2NOS/c1-6(2,3)5(11)7(8,9)12-4-10/h1-3H3. The van der Waals surface area contributed by atoms with Crippen molar-refractivity contribution in [3.05, 3.63) is 0 Å². The van der Waals surface area contributed by atoms with Crippen molar-refractivity contribution in [1.82, 2.24) is 0 Å². The molecule has 0 N–H and O–H groups in total. The highest BCUT2D eigenvalue weighted by Crippen LogP contribution is 2.43. The maximum absolute atomic E-state index is 11.6. The molecule has 0 aromatic rings. The Morgan fingerprint density at radius 1 is 1.42 bits per heavy atom. The van der Waals surface area contributed by atoms with E-state index in [-0.39, 0.29) is 5.78 Å². The Hall–Kier alpha value is 0.470. The number of rotatable bonds is 2. The van der Waals surface area contributed by atoms with Gasteiger partial charge in [0.15, 0.2) is 8.35 Å². The average molecular weight is 315 g/mol. The van der Waals surface area contributed by atoms with Crippen LogP contribution in [0, 0.1) is 16.1 Å². The molecule has 0 radical (unpaired) electrons. The molecule has 5 heteroatoms. The first-order valence-electron chi connectivity index (χ1n) is 3.21. The Morgan fingerprint density at radius 2 is 1.83 bits per heavy atom. The van der Waals surface area contributed by atoms with E-state index in [1.807, 2.05) is 26.2 Å². The smallest absolute Gasteiger partial charge is 0.197 e. The summed E-state index contributed by atoms with van der Waals surface area (Å²) in [6.45, 7) is 5.43. The summed E-state index contributed by atoms with van der Waals surface area (Å²) in [5.74, 6) is -0.0541. The maximum Gasteiger partial charge on any atom is 0.197 e. The van der Waals surface area contributed by atoms with E-state index < -0.39 is 7.98 Å². The Labute approximate surface area is 93.3 Å². The highest BCUT2D eigenvalue weighted by Gasteiger charge is 2.40. The third-order valence-corrected chi connectivity index (χ3v) is 3.34. The van der Waals surface area contributed by atoms with Gasteiger partial charge in [-0.15, -0.1) is 0 Å². The molecule has 0 saturated heterocycles. The van der Waals surface area contributed by atoms with E-state index in [2.05, 4.69) is 31.9 Å². The molecule has 0 heterocycles. The summed E-state index contributed by atoms with van der Waals surface area (Å²) in [6, 6.07) is 0. The van der Waals surface area contributed by atoms with E-state index in [9.17, 15) is 4.79 Å². The normalized spacial score (nSPS) is 12.3. The lowest BCUT2D eigenvalue weighted by Crippen LogP contribution is -2.32. The van der Waals surface area contributed by atoms with Gasteiger partial charge < -0.3 is 0 Å². The quantitative estimate of drug-likeness (QED) is 0.580. The van der Waals surface area contributed by atoms with Crippen molar-refractivity contribution in [2.45, 2.75) is 23.3 Å². The minimum Gasteiger partial charge on any atom is -0.296 e. The number of halogens is 2. The van der Waals surface area contributed by atoms with Crippen LogP contribution in [0.2, 0.25) is 0 Å². The minimum absolute atomic E-state index is 0.0541. The van der Waals surface area contributed by atoms with Crippen LogP contribution in [0.1, 0.15) is 20.8 Å². The molecule has 12 heavy (non-hydrogen) atoms. The second-order valence-electron chi connectivity index (χ2n) is 3.29. The molecule has 0 unspecified atom stereocenters. The first kappa shape index (κ1) is 12.5. The molecule has 0 amide bonds. The number of Topliss-reactive ketones (excluding diaryl/α,β-unsaturated/α-hetero) is 1. The van der Waals surface area contributed by atoms with Crippen LogP contribution in [-0.4, -0.2) is 8.35 Å². The van der Waals surface area contributed by atoms with E-state index in [1.165, 1.54) is 0 Å². The number of nitriles is 1. The van der Waals surface area contributed by atoms with E-state index in [4.69, 9.17) is 5.26 Å². The lowest BCUT2D eigenvalue weighted by atomic mass is 9.92. The summed E-state index contributed by atoms with van der Waals surface area (Å²) in [5.41, 5.74) is -0.461. The van der Waals surface area contributed by atoms with Crippen LogP contribution in [0.15, 0.2) is 0 Å². The summed E-state index contributed by atoms with van der Waals surface area (Å²) in [6.07, 6.45) is 0. The van der Waals surface area contributed by atoms with Crippen LogP contribution in [0.5, 0.6) is 0 Å². The fourth-order valence-corrected chi connectivity index (χ4v) is 2.68. The molecule has 0 aliphatic carbocycles. The second kappa shape index (κ2) is 4.12. The largest absolute Gasteiger partial charge is 0.296 e. The van der Waals surface area contributed by atoms with Crippen LogP contribution < -0.4 is 0 Å². The topological polar surface area (TPSA) is 40.9 Å². The second-order valence-corrected chi connectivity index (χ2v) is 8.78. The first-order valence-corrected chi connectivity index (χ1v) is 5.62. The zero-order chi connectivity index (χ0) is 9.99. The van der Waals surface area contributed by atoms with E-state index in [1.54, 1.807) is 0 Å². The maximum atomic E-state index is 11.6. The van der Waals surface area contributed by atoms with Crippen LogP contribution in [0.3, 0.4) is 0 Å². The van der Waals surface area contributed by atoms with Gasteiger partial charge in [-0.25, -0.2) is 0 Å². The van der Waals surface area contributed by atoms with Crippen LogP contribution in [-0.2, 0) is 4.79 Å². The summed E-state index contributed by atoms with van der Waals surface area (Å²) in [4.78, 5) is 11.6. The Bertz CT molecular complexity index is 227. The van der Waals surface area contributed by atoms with Crippen molar-refractivity contribution in [2.75, 3.05) is 0 Å². The number of nitrogens with zero attached hydrogens (tertiary/aromatic N) is 1. The molecule has 0 aromatic carbocycles. The SMILES string of the molecule is CC(C)(C)C(=O)C(Br)(Br)SC#N. The highest BCUT2D eigenvalue weighted by molar-refractivity contribution is 9.28. The molecule has 0 spiro atoms. The number of thiocyanates is 1. The van der Waals surface area contributed by atoms with Gasteiger partial charge >= 0.3 is 0 Å². The van der Waals surface area contributed by atoms with Gasteiger partial charge in [-0.1, -0.05) is 52.6 Å². The van der Waals surface area contributed by atoms with Gasteiger partial charge in [-0.3, -0.25) is 4.79 Å². The Balaban J connectivity index is 4.60. The number of ketones is 1. The molecule has 0 rings (SSSR count). The summed E-state index contributed by atoms with van der Waals surface area (Å²) < 4.78 is -0.965. The number of hydrogen-bond acceptors (Lipinski definition) is 3. The molecule has 68 valence electrons. The molecule has 0 bridgehead atoms. The lowest BCUT2D eigenvalue weighted by Gasteiger charge is -2.24. The molecular formula is C7H9Br2NOS. The lowest BCUT2D eigenvalue weighted by molar-refractivity contribution is -0.124. The molecule has 2 nitrogen and oxygen atoms in total. The molecule has 0 aromatic heterocycles. The van der Waals surface area contributed by atoms with Crippen molar-refractivity contribution in [3.8, 4) is 5.40 Å². The monoisotopic (exact) mass is 313 g/mol. The van der Waals surface area contributed by atoms with Gasteiger partial charge in [-0.05, 0) is 11.8 Å². The van der Waals surface area contributed by atoms with Gasteiger partial charge in [0, 0.05) is 5.41 Å². The van der Waals surface area contributed by atoms with Gasteiger partial charge in [0.05, 0.1) is 0 Å². The van der Waals surface area contributed by atoms with Gasteiger partial charge in [0.25, 0.3) is 0 Å². The molecule has 0 fully saturated rings. The molecular weight excluding hydrogens is 306 g/mol. The fourth-order valence-electron chi connectivity index (χ4n) is 0.540. The Kier molecular flexibility index (Phi) is 4.28. The van der Waals surface area contributed by atoms with Crippen molar-refractivity contribution >= 4 is 49.4 Å². The predicted octanol–water partition coefficient (Wildman–Crippen LogP) is 3.26. The molecule has 0 atom stereocenters. The fraction of sp³-hybridized carbons (Fsp3) is 0.714. The molecule has 0 aliphatic heterocycles. The predicted molar refractivity (Wildman–Crippen MR) is 58.3 cm³/mol. The molecule has 0 aliphatic rings. The Morgan fingerprint density at radius 3 is 2.08 bits per heavy atom. The number of alkyl halides is 2. The van der Waals surface area contributed by atoms with Gasteiger partial charge in [0.2, 0.25) is 0 Å². The number of thioether (sulfide) groups is 1. The number of carbonyl (C=O) groups excluding carboxylic acids is 1. The highest BCUT2D eigenvalue weighted by atomic mass is 79.9. The van der Waals surface area contributed by atoms with Crippen molar-refractivity contribution in [2.24, 2.45) is 5.41 Å². The minimum atomic E-state index is -0.965. The van der Waals surface area contributed by atoms with Crippen molar-refractivity contribution in [1.29, 1.82) is 5.26 Å². The van der Waals surface area contributed by atoms with Crippen LogP contribution in [0.25, 0.3) is 0 Å². The summed E-state index contributed by atoms with van der Waals surface area (Å²) >= 11 is 7.16. The number of hydrogen-bond donors (Lipinski definition) is 0. The van der Waals surface area contributed by atoms with Gasteiger partial charge in [-0.2, -0.15) is 5.26 Å². The van der Waals surface area contributed by atoms with E-state index in [0.29, 0.717) is 0 Å². The van der Waals surface area contributed by atoms with Crippen LogP contribution >= 0.6 is 43.6 Å². The third-order valence-electron chi connectivity index (χ3n) is 1.12.